The van der Waals surface area contributed by atoms with E-state index in [1.807, 2.05) is 0 Å². The molecular weight excluding hydrogens is 560 g/mol. The molecule has 10 heteroatoms. The topological polar surface area (TPSA) is 109 Å². The molecule has 0 spiro atoms. The molecule has 0 saturated heterocycles. The van der Waals surface area contributed by atoms with Gasteiger partial charge in [0.2, 0.25) is 0 Å². The minimum Gasteiger partial charge on any atom is -0.269 e. The number of rotatable bonds is 8. The van der Waals surface area contributed by atoms with Crippen LogP contribution in [0.2, 0.25) is 0 Å². The van der Waals surface area contributed by atoms with E-state index in [9.17, 15) is 26.4 Å². The number of imide groups is 1. The summed E-state index contributed by atoms with van der Waals surface area (Å²) in [6.07, 6.45) is 0. The smallest absolute Gasteiger partial charge is 0.261 e. The predicted octanol–water partition coefficient (Wildman–Crippen LogP) is 5.11. The van der Waals surface area contributed by atoms with Crippen LogP contribution >= 0.6 is 0 Å². The van der Waals surface area contributed by atoms with Gasteiger partial charge in [-0.1, -0.05) is 81.6 Å². The Morgan fingerprint density at radius 2 is 0.976 bits per heavy atom. The maximum absolute atomic E-state index is 14.4. The molecule has 1 aliphatic heterocycles. The molecule has 8 nitrogen and oxygen atoms in total. The summed E-state index contributed by atoms with van der Waals surface area (Å²) >= 11 is 0. The highest BCUT2D eigenvalue weighted by Crippen LogP contribution is 2.40. The minimum atomic E-state index is -4.76. The summed E-state index contributed by atoms with van der Waals surface area (Å²) in [6.45, 7) is 5.06. The standard InChI is InChI=1S/C31H28N2O6S2/c1-21-13-17-25(18-14-21)40(36,37)33(41(38,39)26-19-15-22(2)16-20-26)29(24-9-5-4-6-10-24)23(3)32-30(34)27-11-7-8-12-28(27)31(32)35/h4-20,23,29H,1-3H3/t23-,29-/m1/s1. The van der Waals surface area contributed by atoms with E-state index in [4.69, 9.17) is 0 Å². The quantitative estimate of drug-likeness (QED) is 0.265. The Balaban J connectivity index is 1.76. The number of hydrogen-bond donors (Lipinski definition) is 0. The Bertz CT molecular complexity index is 1730. The van der Waals surface area contributed by atoms with Gasteiger partial charge < -0.3 is 0 Å². The molecule has 0 saturated carbocycles. The van der Waals surface area contributed by atoms with Gasteiger partial charge in [0.1, 0.15) is 0 Å². The van der Waals surface area contributed by atoms with Crippen molar-refractivity contribution in [1.82, 2.24) is 8.61 Å². The van der Waals surface area contributed by atoms with Gasteiger partial charge in [-0.15, -0.1) is 0 Å². The van der Waals surface area contributed by atoms with Crippen molar-refractivity contribution in [2.45, 2.75) is 42.6 Å². The Labute approximate surface area is 240 Å². The molecule has 0 radical (unpaired) electrons. The van der Waals surface area contributed by atoms with E-state index in [2.05, 4.69) is 0 Å². The Morgan fingerprint density at radius 3 is 1.39 bits per heavy atom. The average molecular weight is 589 g/mol. The number of fused-ring (bicyclic) bond motifs is 1. The molecule has 210 valence electrons. The van der Waals surface area contributed by atoms with Crippen LogP contribution in [0.3, 0.4) is 0 Å². The zero-order valence-electron chi connectivity index (χ0n) is 22.6. The second-order valence-electron chi connectivity index (χ2n) is 9.98. The van der Waals surface area contributed by atoms with Crippen LogP contribution in [0.15, 0.2) is 113 Å². The average Bonchev–Trinajstić information content (AvgIpc) is 3.21. The van der Waals surface area contributed by atoms with Gasteiger partial charge in [0.25, 0.3) is 31.9 Å². The number of amides is 2. The largest absolute Gasteiger partial charge is 0.269 e. The van der Waals surface area contributed by atoms with Crippen LogP contribution in [0.1, 0.15) is 50.4 Å². The van der Waals surface area contributed by atoms with Crippen LogP contribution in [0.4, 0.5) is 0 Å². The van der Waals surface area contributed by atoms with Gasteiger partial charge in [-0.25, -0.2) is 16.8 Å². The maximum Gasteiger partial charge on any atom is 0.261 e. The predicted molar refractivity (Wildman–Crippen MR) is 154 cm³/mol. The lowest BCUT2D eigenvalue weighted by atomic mass is 10.0. The van der Waals surface area contributed by atoms with Crippen LogP contribution in [0.5, 0.6) is 0 Å². The monoisotopic (exact) mass is 588 g/mol. The molecule has 2 atom stereocenters. The highest BCUT2D eigenvalue weighted by atomic mass is 32.3. The molecule has 41 heavy (non-hydrogen) atoms. The van der Waals surface area contributed by atoms with Gasteiger partial charge in [0, 0.05) is 0 Å². The van der Waals surface area contributed by atoms with E-state index >= 15 is 0 Å². The third kappa shape index (κ3) is 4.99. The van der Waals surface area contributed by atoms with Crippen molar-refractivity contribution in [1.29, 1.82) is 0 Å². The first-order valence-electron chi connectivity index (χ1n) is 12.9. The maximum atomic E-state index is 14.4. The third-order valence-electron chi connectivity index (χ3n) is 7.17. The van der Waals surface area contributed by atoms with Gasteiger partial charge in [0.15, 0.2) is 0 Å². The van der Waals surface area contributed by atoms with Crippen molar-refractivity contribution in [2.75, 3.05) is 0 Å². The zero-order valence-corrected chi connectivity index (χ0v) is 24.3. The SMILES string of the molecule is Cc1ccc(S(=O)(=O)N([C@@H](c2ccccc2)[C@@H](C)N2C(=O)c3ccccc3C2=O)S(=O)(=O)c2ccc(C)cc2)cc1. The summed E-state index contributed by atoms with van der Waals surface area (Å²) < 4.78 is 58.1. The van der Waals surface area contributed by atoms with Gasteiger partial charge in [-0.3, -0.25) is 14.5 Å². The molecule has 0 unspecified atom stereocenters. The molecule has 0 aromatic heterocycles. The fourth-order valence-corrected chi connectivity index (χ4v) is 9.12. The number of nitrogens with zero attached hydrogens (tertiary/aromatic N) is 2. The lowest BCUT2D eigenvalue weighted by Gasteiger charge is -2.37. The van der Waals surface area contributed by atoms with E-state index in [1.54, 1.807) is 80.6 Å². The Morgan fingerprint density at radius 1 is 0.585 bits per heavy atom. The van der Waals surface area contributed by atoms with Crippen LogP contribution < -0.4 is 0 Å². The van der Waals surface area contributed by atoms with Gasteiger partial charge in [-0.2, -0.15) is 0 Å². The lowest BCUT2D eigenvalue weighted by molar-refractivity contribution is 0.0550. The van der Waals surface area contributed by atoms with Crippen molar-refractivity contribution >= 4 is 31.9 Å². The molecule has 0 fully saturated rings. The van der Waals surface area contributed by atoms with Gasteiger partial charge >= 0.3 is 0 Å². The second kappa shape index (κ2) is 10.7. The highest BCUT2D eigenvalue weighted by Gasteiger charge is 2.50. The fraction of sp³-hybridized carbons (Fsp3) is 0.161. The molecule has 0 N–H and O–H groups in total. The molecule has 4 aromatic carbocycles. The summed E-state index contributed by atoms with van der Waals surface area (Å²) in [7, 11) is -9.52. The number of carbonyl (C=O) groups is 2. The van der Waals surface area contributed by atoms with Crippen LogP contribution in [-0.4, -0.2) is 43.3 Å². The van der Waals surface area contributed by atoms with Gasteiger partial charge in [-0.05, 0) is 62.7 Å². The molecule has 1 aliphatic rings. The van der Waals surface area contributed by atoms with E-state index in [-0.39, 0.29) is 20.9 Å². The Kier molecular flexibility index (Phi) is 7.41. The van der Waals surface area contributed by atoms with E-state index in [0.29, 0.717) is 9.27 Å². The molecule has 0 aliphatic carbocycles. The van der Waals surface area contributed by atoms with E-state index < -0.39 is 43.9 Å². The van der Waals surface area contributed by atoms with Crippen LogP contribution in [0, 0.1) is 13.8 Å². The fourth-order valence-electron chi connectivity index (χ4n) is 5.00. The number of sulfonamides is 2. The molecule has 4 aromatic rings. The summed E-state index contributed by atoms with van der Waals surface area (Å²) in [4.78, 5) is 27.5. The van der Waals surface area contributed by atoms with Crippen LogP contribution in [-0.2, 0) is 20.0 Å². The summed E-state index contributed by atoms with van der Waals surface area (Å²) in [6, 6.07) is 23.4. The number of aryl methyl sites for hydroxylation is 2. The number of benzene rings is 4. The van der Waals surface area contributed by atoms with Crippen molar-refractivity contribution in [3.63, 3.8) is 0 Å². The number of carbonyl (C=O) groups excluding carboxylic acids is 2. The normalized spacial score (nSPS) is 15.2. The highest BCUT2D eigenvalue weighted by molar-refractivity contribution is 8.04. The second-order valence-corrected chi connectivity index (χ2v) is 13.8. The summed E-state index contributed by atoms with van der Waals surface area (Å²) in [5.74, 6) is -1.25. The lowest BCUT2D eigenvalue weighted by Crippen LogP contribution is -2.50. The molecule has 2 amide bonds. The van der Waals surface area contributed by atoms with E-state index in [1.165, 1.54) is 43.3 Å². The van der Waals surface area contributed by atoms with Gasteiger partial charge in [0.05, 0.1) is 33.0 Å². The third-order valence-corrected chi connectivity index (χ3v) is 11.5. The first-order valence-corrected chi connectivity index (χ1v) is 15.8. The van der Waals surface area contributed by atoms with Crippen molar-refractivity contribution < 1.29 is 26.4 Å². The molecule has 5 rings (SSSR count). The van der Waals surface area contributed by atoms with Crippen molar-refractivity contribution in [3.05, 3.63) is 131 Å². The zero-order chi connectivity index (χ0) is 29.5. The molecule has 1 heterocycles. The number of hydrogen-bond acceptors (Lipinski definition) is 6. The van der Waals surface area contributed by atoms with Crippen LogP contribution in [0.25, 0.3) is 0 Å². The first kappa shape index (κ1) is 28.4. The summed E-state index contributed by atoms with van der Waals surface area (Å²) in [5.41, 5.74) is 2.21. The van der Waals surface area contributed by atoms with Crippen molar-refractivity contribution in [3.8, 4) is 0 Å². The first-order chi connectivity index (χ1) is 19.4. The molecule has 0 bridgehead atoms. The molecular formula is C31H28N2O6S2. The van der Waals surface area contributed by atoms with E-state index in [0.717, 1.165) is 16.0 Å². The minimum absolute atomic E-state index is 0.172. The summed E-state index contributed by atoms with van der Waals surface area (Å²) in [5, 5.41) is 0. The van der Waals surface area contributed by atoms with Crippen molar-refractivity contribution in [2.24, 2.45) is 0 Å². The Hall–Kier alpha value is -4.12.